The van der Waals surface area contributed by atoms with Gasteiger partial charge in [0, 0.05) is 0 Å². The van der Waals surface area contributed by atoms with Crippen LogP contribution in [0.15, 0.2) is 18.2 Å². The molecule has 0 atom stereocenters. The van der Waals surface area contributed by atoms with Crippen molar-refractivity contribution in [2.75, 3.05) is 7.11 Å². The van der Waals surface area contributed by atoms with Crippen LogP contribution in [0, 0.1) is 6.92 Å². The van der Waals surface area contributed by atoms with E-state index in [-0.39, 0.29) is 51.4 Å². The fraction of sp³-hybridized carbons (Fsp3) is 0.250. The second-order valence-corrected chi connectivity index (χ2v) is 2.80. The van der Waals surface area contributed by atoms with Gasteiger partial charge in [-0.25, -0.2) is 0 Å². The van der Waals surface area contributed by atoms with Crippen LogP contribution in [0.2, 0.25) is 0 Å². The molecule has 0 aromatic heterocycles. The van der Waals surface area contributed by atoms with Crippen molar-refractivity contribution in [3.05, 3.63) is 23.8 Å². The van der Waals surface area contributed by atoms with Crippen LogP contribution in [0.1, 0.15) is 5.56 Å². The van der Waals surface area contributed by atoms with Gasteiger partial charge in [0.15, 0.2) is 0 Å². The molecule has 0 spiro atoms. The van der Waals surface area contributed by atoms with Crippen molar-refractivity contribution in [1.82, 2.24) is 0 Å². The van der Waals surface area contributed by atoms with Crippen molar-refractivity contribution in [2.24, 2.45) is 0 Å². The van der Waals surface area contributed by atoms with Gasteiger partial charge in [-0.3, -0.25) is 0 Å². The van der Waals surface area contributed by atoms with Crippen LogP contribution in [0.4, 0.5) is 12.9 Å². The van der Waals surface area contributed by atoms with E-state index in [4.69, 9.17) is 4.74 Å². The third-order valence-electron chi connectivity index (χ3n) is 1.80. The van der Waals surface area contributed by atoms with E-state index in [1.54, 1.807) is 6.92 Å². The second kappa shape index (κ2) is 5.56. The fourth-order valence-electron chi connectivity index (χ4n) is 1.11. The molecule has 1 aromatic carbocycles. The van der Waals surface area contributed by atoms with Gasteiger partial charge in [0.1, 0.15) is 5.75 Å². The smallest absolute Gasteiger partial charge is 0.496 e. The molecule has 0 fully saturated rings. The molecule has 0 radical (unpaired) electrons. The quantitative estimate of drug-likeness (QED) is 0.594. The number of hydrogen-bond donors (Lipinski definition) is 0. The zero-order valence-electron chi connectivity index (χ0n) is 8.35. The molecular formula is C8H9BF3KO. The van der Waals surface area contributed by atoms with Crippen LogP contribution in [-0.4, -0.2) is 14.1 Å². The Balaban J connectivity index is 0.00000169. The minimum Gasteiger partial charge on any atom is -0.496 e. The Hall–Kier alpha value is 0.511. The maximum atomic E-state index is 12.2. The molecular weight excluding hydrogens is 219 g/mol. The molecule has 6 heteroatoms. The molecule has 0 N–H and O–H groups in total. The Bertz CT molecular complexity index is 314. The summed E-state index contributed by atoms with van der Waals surface area (Å²) in [5.74, 6) is 0.476. The van der Waals surface area contributed by atoms with E-state index >= 15 is 0 Å². The summed E-state index contributed by atoms with van der Waals surface area (Å²) in [6, 6.07) is 3.46. The first kappa shape index (κ1) is 14.5. The summed E-state index contributed by atoms with van der Waals surface area (Å²) < 4.78 is 41.5. The van der Waals surface area contributed by atoms with Crippen LogP contribution in [0.25, 0.3) is 0 Å². The van der Waals surface area contributed by atoms with Crippen molar-refractivity contribution in [1.29, 1.82) is 0 Å². The first-order valence-electron chi connectivity index (χ1n) is 3.79. The van der Waals surface area contributed by atoms with Crippen LogP contribution < -0.4 is 61.6 Å². The van der Waals surface area contributed by atoms with Gasteiger partial charge >= 0.3 is 58.4 Å². The van der Waals surface area contributed by atoms with E-state index < -0.39 is 12.4 Å². The van der Waals surface area contributed by atoms with Crippen molar-refractivity contribution in [2.45, 2.75) is 6.92 Å². The molecule has 1 nitrogen and oxygen atoms in total. The average Bonchev–Trinajstić information content (AvgIpc) is 2.02. The van der Waals surface area contributed by atoms with E-state index in [2.05, 4.69) is 0 Å². The van der Waals surface area contributed by atoms with E-state index in [9.17, 15) is 12.9 Å². The zero-order chi connectivity index (χ0) is 10.1. The van der Waals surface area contributed by atoms with Crippen LogP contribution >= 0.6 is 0 Å². The fourth-order valence-corrected chi connectivity index (χ4v) is 1.11. The minimum absolute atomic E-state index is 0. The van der Waals surface area contributed by atoms with Gasteiger partial charge < -0.3 is 17.7 Å². The van der Waals surface area contributed by atoms with Crippen LogP contribution in [0.3, 0.4) is 0 Å². The summed E-state index contributed by atoms with van der Waals surface area (Å²) in [4.78, 5) is 0. The van der Waals surface area contributed by atoms with Crippen molar-refractivity contribution in [3.63, 3.8) is 0 Å². The third-order valence-corrected chi connectivity index (χ3v) is 1.80. The van der Waals surface area contributed by atoms with Crippen LogP contribution in [0.5, 0.6) is 5.75 Å². The number of aryl methyl sites for hydroxylation is 1. The monoisotopic (exact) mass is 228 g/mol. The molecule has 1 aromatic rings. The van der Waals surface area contributed by atoms with Gasteiger partial charge in [0.05, 0.1) is 7.11 Å². The number of hydrogen-bond acceptors (Lipinski definition) is 1. The topological polar surface area (TPSA) is 9.23 Å². The standard InChI is InChI=1S/C8H9BF3O.K/c1-6-5-7(9(10,11)12)3-4-8(6)13-2;/h3-5H,1-2H3;/q-1;+1. The van der Waals surface area contributed by atoms with Crippen molar-refractivity contribution in [3.8, 4) is 5.75 Å². The molecule has 1 rings (SSSR count). The van der Waals surface area contributed by atoms with Crippen molar-refractivity contribution >= 4 is 12.4 Å². The van der Waals surface area contributed by atoms with Gasteiger partial charge in [-0.1, -0.05) is 12.1 Å². The summed E-state index contributed by atoms with van der Waals surface area (Å²) >= 11 is 0. The predicted molar refractivity (Wildman–Crippen MR) is 46.4 cm³/mol. The second-order valence-electron chi connectivity index (χ2n) is 2.80. The summed E-state index contributed by atoms with van der Waals surface area (Å²) in [5, 5.41) is 0. The SMILES string of the molecule is COc1ccc([B-](F)(F)F)cc1C.[K+]. The molecule has 0 saturated carbocycles. The van der Waals surface area contributed by atoms with E-state index in [1.807, 2.05) is 0 Å². The van der Waals surface area contributed by atoms with E-state index in [1.165, 1.54) is 13.2 Å². The number of halogens is 3. The maximum Gasteiger partial charge on any atom is 1.00 e. The Labute approximate surface area is 123 Å². The van der Waals surface area contributed by atoms with Gasteiger partial charge in [0.2, 0.25) is 0 Å². The molecule has 0 aliphatic heterocycles. The molecule has 0 heterocycles. The van der Waals surface area contributed by atoms with Crippen LogP contribution in [-0.2, 0) is 0 Å². The molecule has 72 valence electrons. The molecule has 0 unspecified atom stereocenters. The zero-order valence-corrected chi connectivity index (χ0v) is 11.5. The van der Waals surface area contributed by atoms with Crippen molar-refractivity contribution < 1.29 is 69.1 Å². The first-order chi connectivity index (χ1) is 5.95. The number of ether oxygens (including phenoxy) is 1. The predicted octanol–water partition coefficient (Wildman–Crippen LogP) is -0.938. The number of methoxy groups -OCH3 is 1. The number of benzene rings is 1. The summed E-state index contributed by atoms with van der Waals surface area (Å²) in [6.45, 7) is -3.31. The molecule has 0 amide bonds. The number of rotatable bonds is 2. The maximum absolute atomic E-state index is 12.2. The Morgan fingerprint density at radius 1 is 1.21 bits per heavy atom. The van der Waals surface area contributed by atoms with Gasteiger partial charge in [-0.15, -0.1) is 5.46 Å². The van der Waals surface area contributed by atoms with E-state index in [0.717, 1.165) is 12.1 Å². The Kier molecular flexibility index (Phi) is 5.76. The summed E-state index contributed by atoms with van der Waals surface area (Å²) in [6.07, 6.45) is 0. The normalized spacial score (nSPS) is 10.6. The molecule has 14 heavy (non-hydrogen) atoms. The summed E-state index contributed by atoms with van der Waals surface area (Å²) in [5.41, 5.74) is -0.0856. The summed E-state index contributed by atoms with van der Waals surface area (Å²) in [7, 11) is 1.43. The molecule has 0 aliphatic carbocycles. The van der Waals surface area contributed by atoms with Gasteiger partial charge in [-0.2, -0.15) is 0 Å². The minimum atomic E-state index is -4.90. The third kappa shape index (κ3) is 3.58. The average molecular weight is 228 g/mol. The van der Waals surface area contributed by atoms with Gasteiger partial charge in [-0.05, 0) is 18.6 Å². The van der Waals surface area contributed by atoms with E-state index in [0.29, 0.717) is 11.3 Å². The molecule has 0 aliphatic rings. The first-order valence-corrected chi connectivity index (χ1v) is 3.79. The largest absolute Gasteiger partial charge is 1.00 e. The van der Waals surface area contributed by atoms with Gasteiger partial charge in [0.25, 0.3) is 0 Å². The molecule has 0 saturated heterocycles. The molecule has 0 bridgehead atoms. The Morgan fingerprint density at radius 3 is 2.14 bits per heavy atom. The Morgan fingerprint density at radius 2 is 1.79 bits per heavy atom.